The van der Waals surface area contributed by atoms with Crippen molar-refractivity contribution in [3.8, 4) is 11.4 Å². The van der Waals surface area contributed by atoms with Gasteiger partial charge >= 0.3 is 0 Å². The number of nitrogens with one attached hydrogen (secondary N) is 1. The van der Waals surface area contributed by atoms with Crippen LogP contribution in [0.4, 0.5) is 5.95 Å². The van der Waals surface area contributed by atoms with Crippen molar-refractivity contribution in [2.45, 2.75) is 13.8 Å². The standard InChI is InChI=1S/C12H16N4/c1-8-5-6-10(7-9(8)2)11-14-15-12(13-3)16(11)4/h5-7H,1-4H3,(H,13,15). The monoisotopic (exact) mass is 216 g/mol. The van der Waals surface area contributed by atoms with Crippen LogP contribution in [0.25, 0.3) is 11.4 Å². The van der Waals surface area contributed by atoms with Crippen molar-refractivity contribution >= 4 is 5.95 Å². The van der Waals surface area contributed by atoms with Crippen molar-refractivity contribution in [2.75, 3.05) is 12.4 Å². The van der Waals surface area contributed by atoms with E-state index in [1.165, 1.54) is 11.1 Å². The number of aromatic nitrogens is 3. The third kappa shape index (κ3) is 1.66. The predicted octanol–water partition coefficient (Wildman–Crippen LogP) is 2.14. The third-order valence-corrected chi connectivity index (χ3v) is 2.86. The molecule has 0 fully saturated rings. The summed E-state index contributed by atoms with van der Waals surface area (Å²) in [4.78, 5) is 0. The molecule has 1 aromatic carbocycles. The van der Waals surface area contributed by atoms with E-state index in [2.05, 4.69) is 47.6 Å². The van der Waals surface area contributed by atoms with Gasteiger partial charge in [0.2, 0.25) is 5.95 Å². The number of rotatable bonds is 2. The van der Waals surface area contributed by atoms with E-state index in [0.29, 0.717) is 0 Å². The molecule has 0 aliphatic heterocycles. The molecule has 0 amide bonds. The summed E-state index contributed by atoms with van der Waals surface area (Å²) in [6.45, 7) is 4.21. The van der Waals surface area contributed by atoms with E-state index in [-0.39, 0.29) is 0 Å². The molecule has 16 heavy (non-hydrogen) atoms. The summed E-state index contributed by atoms with van der Waals surface area (Å²) < 4.78 is 1.95. The maximum Gasteiger partial charge on any atom is 0.224 e. The minimum atomic E-state index is 0.772. The van der Waals surface area contributed by atoms with E-state index in [1.807, 2.05) is 18.7 Å². The molecule has 2 aromatic rings. The van der Waals surface area contributed by atoms with Crippen LogP contribution in [0.2, 0.25) is 0 Å². The van der Waals surface area contributed by atoms with Crippen LogP contribution in [-0.2, 0) is 7.05 Å². The van der Waals surface area contributed by atoms with Gasteiger partial charge in [0, 0.05) is 19.7 Å². The predicted molar refractivity (Wildman–Crippen MR) is 65.5 cm³/mol. The Balaban J connectivity index is 2.50. The third-order valence-electron chi connectivity index (χ3n) is 2.86. The Morgan fingerprint density at radius 2 is 1.88 bits per heavy atom. The summed E-state index contributed by atoms with van der Waals surface area (Å²) in [6.07, 6.45) is 0. The van der Waals surface area contributed by atoms with E-state index >= 15 is 0 Å². The van der Waals surface area contributed by atoms with Crippen LogP contribution in [0.1, 0.15) is 11.1 Å². The molecule has 0 unspecified atom stereocenters. The van der Waals surface area contributed by atoms with E-state index in [1.54, 1.807) is 0 Å². The average Bonchev–Trinajstić information content (AvgIpc) is 2.64. The van der Waals surface area contributed by atoms with E-state index in [9.17, 15) is 0 Å². The van der Waals surface area contributed by atoms with Gasteiger partial charge in [-0.1, -0.05) is 12.1 Å². The lowest BCUT2D eigenvalue weighted by atomic mass is 10.1. The van der Waals surface area contributed by atoms with Gasteiger partial charge in [-0.3, -0.25) is 4.57 Å². The Bertz CT molecular complexity index is 514. The number of aryl methyl sites for hydroxylation is 2. The Hall–Kier alpha value is -1.84. The SMILES string of the molecule is CNc1nnc(-c2ccc(C)c(C)c2)n1C. The first-order valence-corrected chi connectivity index (χ1v) is 5.28. The first-order chi connectivity index (χ1) is 7.63. The number of nitrogens with zero attached hydrogens (tertiary/aromatic N) is 3. The van der Waals surface area contributed by atoms with Crippen molar-refractivity contribution in [2.24, 2.45) is 7.05 Å². The molecule has 1 aromatic heterocycles. The van der Waals surface area contributed by atoms with E-state index in [4.69, 9.17) is 0 Å². The molecule has 0 atom stereocenters. The lowest BCUT2D eigenvalue weighted by Gasteiger charge is -2.05. The fourth-order valence-corrected chi connectivity index (χ4v) is 1.68. The summed E-state index contributed by atoms with van der Waals surface area (Å²) >= 11 is 0. The van der Waals surface area contributed by atoms with Crippen LogP contribution >= 0.6 is 0 Å². The summed E-state index contributed by atoms with van der Waals surface area (Å²) in [5.74, 6) is 1.65. The fourth-order valence-electron chi connectivity index (χ4n) is 1.68. The molecule has 0 bridgehead atoms. The van der Waals surface area contributed by atoms with Crippen LogP contribution in [0.15, 0.2) is 18.2 Å². The zero-order chi connectivity index (χ0) is 11.7. The Kier molecular flexibility index (Phi) is 2.64. The van der Waals surface area contributed by atoms with Gasteiger partial charge in [-0.05, 0) is 31.0 Å². The molecule has 1 N–H and O–H groups in total. The fraction of sp³-hybridized carbons (Fsp3) is 0.333. The average molecular weight is 216 g/mol. The van der Waals surface area contributed by atoms with Crippen LogP contribution in [0, 0.1) is 13.8 Å². The highest BCUT2D eigenvalue weighted by atomic mass is 15.3. The molecule has 0 spiro atoms. The van der Waals surface area contributed by atoms with Gasteiger partial charge in [-0.2, -0.15) is 0 Å². The second-order valence-corrected chi connectivity index (χ2v) is 3.96. The number of benzene rings is 1. The number of hydrogen-bond donors (Lipinski definition) is 1. The Labute approximate surface area is 95.3 Å². The second kappa shape index (κ2) is 3.96. The van der Waals surface area contributed by atoms with Crippen LogP contribution in [0.3, 0.4) is 0 Å². The zero-order valence-corrected chi connectivity index (χ0v) is 10.1. The van der Waals surface area contributed by atoms with Crippen LogP contribution in [0.5, 0.6) is 0 Å². The summed E-state index contributed by atoms with van der Waals surface area (Å²) in [5.41, 5.74) is 3.66. The summed E-state index contributed by atoms with van der Waals surface area (Å²) in [6, 6.07) is 6.32. The lowest BCUT2D eigenvalue weighted by Crippen LogP contribution is -1.99. The minimum absolute atomic E-state index is 0.772. The van der Waals surface area contributed by atoms with E-state index in [0.717, 1.165) is 17.3 Å². The number of hydrogen-bond acceptors (Lipinski definition) is 3. The van der Waals surface area contributed by atoms with Crippen molar-refractivity contribution in [1.82, 2.24) is 14.8 Å². The van der Waals surface area contributed by atoms with Crippen LogP contribution in [-0.4, -0.2) is 21.8 Å². The van der Waals surface area contributed by atoms with Crippen LogP contribution < -0.4 is 5.32 Å². The van der Waals surface area contributed by atoms with Crippen molar-refractivity contribution in [3.05, 3.63) is 29.3 Å². The highest BCUT2D eigenvalue weighted by Crippen LogP contribution is 2.21. The van der Waals surface area contributed by atoms with Gasteiger partial charge in [0.1, 0.15) is 0 Å². The van der Waals surface area contributed by atoms with E-state index < -0.39 is 0 Å². The smallest absolute Gasteiger partial charge is 0.224 e. The molecular weight excluding hydrogens is 200 g/mol. The van der Waals surface area contributed by atoms with Gasteiger partial charge in [-0.15, -0.1) is 10.2 Å². The van der Waals surface area contributed by atoms with Gasteiger partial charge in [0.25, 0.3) is 0 Å². The largest absolute Gasteiger partial charge is 0.357 e. The van der Waals surface area contributed by atoms with Gasteiger partial charge in [0.05, 0.1) is 0 Å². The van der Waals surface area contributed by atoms with Crippen molar-refractivity contribution in [1.29, 1.82) is 0 Å². The minimum Gasteiger partial charge on any atom is -0.357 e. The van der Waals surface area contributed by atoms with Crippen molar-refractivity contribution < 1.29 is 0 Å². The molecule has 84 valence electrons. The van der Waals surface area contributed by atoms with Gasteiger partial charge in [0.15, 0.2) is 5.82 Å². The van der Waals surface area contributed by atoms with Gasteiger partial charge in [-0.25, -0.2) is 0 Å². The lowest BCUT2D eigenvalue weighted by molar-refractivity contribution is 0.925. The molecular formula is C12H16N4. The Morgan fingerprint density at radius 3 is 2.44 bits per heavy atom. The quantitative estimate of drug-likeness (QED) is 0.836. The zero-order valence-electron chi connectivity index (χ0n) is 10.1. The molecule has 4 heteroatoms. The molecule has 4 nitrogen and oxygen atoms in total. The molecule has 1 heterocycles. The topological polar surface area (TPSA) is 42.7 Å². The molecule has 0 aliphatic rings. The molecule has 0 saturated heterocycles. The molecule has 0 saturated carbocycles. The maximum atomic E-state index is 4.18. The first kappa shape index (κ1) is 10.7. The number of anilines is 1. The Morgan fingerprint density at radius 1 is 1.12 bits per heavy atom. The molecule has 0 aliphatic carbocycles. The highest BCUT2D eigenvalue weighted by molar-refractivity contribution is 5.59. The highest BCUT2D eigenvalue weighted by Gasteiger charge is 2.09. The maximum absolute atomic E-state index is 4.18. The molecule has 0 radical (unpaired) electrons. The second-order valence-electron chi connectivity index (χ2n) is 3.96. The summed E-state index contributed by atoms with van der Waals surface area (Å²) in [7, 11) is 3.80. The summed E-state index contributed by atoms with van der Waals surface area (Å²) in [5, 5.41) is 11.2. The van der Waals surface area contributed by atoms with Crippen molar-refractivity contribution in [3.63, 3.8) is 0 Å². The molecule has 2 rings (SSSR count). The van der Waals surface area contributed by atoms with Gasteiger partial charge < -0.3 is 5.32 Å². The normalized spacial score (nSPS) is 10.5. The first-order valence-electron chi connectivity index (χ1n) is 5.28.